The quantitative estimate of drug-likeness (QED) is 0.0253. The average Bonchev–Trinajstić information content (AvgIpc) is 0.821. The Balaban J connectivity index is 0.000000196. The standard InChI is InChI=1S/C33H28O8.C27H26O9.C27H26O6.C26H24O6/c34-29(25-13-5-1-6-14-25)38-21-33(22-39-30(35)26-15-7-2-8-16-26,23-40-31(36)27-17-9-3-10-18-27)24-41-32(37)28-19-11-4-12-20-28;1-31-21-10-4-18(5-11-21)25(28)34-16-24(36-27(30)20-8-14-23(33-3)15-9-20)17-35-26(29)19-6-12-22(32-2)13-7-19;1-2-27(18-31-24(28)21-12-6-3-7-13-21,19-32-25(29)22-14-8-4-9-15-22)20-33-26(30)23-16-10-5-11-17-23;1-26(17-30-23(27)20-11-5-2-6-12-20,18-31-24(28)21-13-7-3-8-14-21)19-32-25(29)22-15-9-4-10-16-22/h1-20H,21-24H2;4-15,24H,16-17H2,1-3H3;3-17H,2,18-20H2,1H3;2-16H,17-19H2,1H3. The Morgan fingerprint density at radius 2 is 0.338 bits per heavy atom. The normalized spacial score (nSPS) is 10.7. The first-order valence-electron chi connectivity index (χ1n) is 44.6. The van der Waals surface area contributed by atoms with Gasteiger partial charge in [-0.15, -0.1) is 0 Å². The number of methoxy groups -OCH3 is 3. The maximum atomic E-state index is 12.8. The lowest BCUT2D eigenvalue weighted by atomic mass is 9.88. The molecule has 0 aromatic heterocycles. The summed E-state index contributed by atoms with van der Waals surface area (Å²) in [5.41, 5.74) is 1.15. The van der Waals surface area contributed by atoms with Gasteiger partial charge in [0, 0.05) is 0 Å². The third kappa shape index (κ3) is 34.9. The molecular weight excluding hydrogens is 1820 g/mol. The monoisotopic (exact) mass is 1920 g/mol. The van der Waals surface area contributed by atoms with E-state index in [-0.39, 0.29) is 96.0 Å². The zero-order chi connectivity index (χ0) is 101. The molecule has 0 N–H and O–H groups in total. The molecular formula is C113H104O29. The Bertz CT molecular complexity index is 5630. The van der Waals surface area contributed by atoms with Crippen LogP contribution in [0.25, 0.3) is 0 Å². The number of ether oxygens (including phenoxy) is 16. The van der Waals surface area contributed by atoms with Crippen LogP contribution >= 0.6 is 0 Å². The summed E-state index contributed by atoms with van der Waals surface area (Å²) in [6.45, 7) is 0.834. The molecule has 0 spiro atoms. The average molecular weight is 1930 g/mol. The molecule has 29 heteroatoms. The Kier molecular flexibility index (Phi) is 42.1. The van der Waals surface area contributed by atoms with Gasteiger partial charge in [0.1, 0.15) is 102 Å². The molecule has 0 aliphatic heterocycles. The van der Waals surface area contributed by atoms with E-state index >= 15 is 0 Å². The topological polar surface area (TPSA) is 370 Å². The lowest BCUT2D eigenvalue weighted by molar-refractivity contribution is -0.0643. The number of esters is 13. The van der Waals surface area contributed by atoms with Crippen molar-refractivity contribution >= 4 is 77.6 Å². The van der Waals surface area contributed by atoms with Crippen LogP contribution in [0.5, 0.6) is 17.2 Å². The van der Waals surface area contributed by atoms with Crippen LogP contribution in [0.4, 0.5) is 0 Å². The highest BCUT2D eigenvalue weighted by molar-refractivity contribution is 5.96. The molecule has 0 bridgehead atoms. The first kappa shape index (κ1) is 106. The van der Waals surface area contributed by atoms with Gasteiger partial charge in [-0.1, -0.05) is 189 Å². The van der Waals surface area contributed by atoms with Crippen molar-refractivity contribution in [3.8, 4) is 17.2 Å². The Morgan fingerprint density at radius 3 is 0.507 bits per heavy atom. The second-order valence-electron chi connectivity index (χ2n) is 32.0. The molecule has 0 radical (unpaired) electrons. The van der Waals surface area contributed by atoms with Crippen molar-refractivity contribution in [2.75, 3.05) is 101 Å². The predicted octanol–water partition coefficient (Wildman–Crippen LogP) is 18.9. The van der Waals surface area contributed by atoms with E-state index in [0.29, 0.717) is 79.3 Å². The second kappa shape index (κ2) is 56.2. The maximum Gasteiger partial charge on any atom is 0.338 e. The van der Waals surface area contributed by atoms with Crippen LogP contribution in [-0.4, -0.2) is 184 Å². The summed E-state index contributed by atoms with van der Waals surface area (Å²) in [7, 11) is 4.54. The fraction of sp³-hybridized carbons (Fsp3) is 0.195. The lowest BCUT2D eigenvalue weighted by Gasteiger charge is -2.31. The molecule has 13 aromatic carbocycles. The Labute approximate surface area is 820 Å². The van der Waals surface area contributed by atoms with Crippen LogP contribution in [-0.2, 0) is 61.6 Å². The Hall–Kier alpha value is -17.6. The molecule has 0 atom stereocenters. The number of carbonyl (C=O) groups excluding carboxylic acids is 13. The van der Waals surface area contributed by atoms with Gasteiger partial charge in [-0.25, -0.2) is 62.3 Å². The van der Waals surface area contributed by atoms with Crippen molar-refractivity contribution in [1.29, 1.82) is 0 Å². The van der Waals surface area contributed by atoms with Crippen molar-refractivity contribution < 1.29 is 138 Å². The highest BCUT2D eigenvalue weighted by Gasteiger charge is 2.40. The molecule has 0 amide bonds. The van der Waals surface area contributed by atoms with Crippen molar-refractivity contribution in [1.82, 2.24) is 0 Å². The van der Waals surface area contributed by atoms with Crippen molar-refractivity contribution in [3.05, 3.63) is 448 Å². The van der Waals surface area contributed by atoms with Gasteiger partial charge in [0.2, 0.25) is 0 Å². The summed E-state index contributed by atoms with van der Waals surface area (Å²) >= 11 is 0. The summed E-state index contributed by atoms with van der Waals surface area (Å²) in [6, 6.07) is 104. The first-order chi connectivity index (χ1) is 68.9. The number of benzene rings is 13. The summed E-state index contributed by atoms with van der Waals surface area (Å²) in [6.07, 6.45) is -0.608. The molecule has 142 heavy (non-hydrogen) atoms. The molecule has 13 aromatic rings. The summed E-state index contributed by atoms with van der Waals surface area (Å²) in [5, 5.41) is 0. The summed E-state index contributed by atoms with van der Waals surface area (Å²) in [4.78, 5) is 163. The Morgan fingerprint density at radius 1 is 0.190 bits per heavy atom. The van der Waals surface area contributed by atoms with E-state index in [2.05, 4.69) is 0 Å². The van der Waals surface area contributed by atoms with E-state index in [1.807, 2.05) is 6.92 Å². The van der Waals surface area contributed by atoms with Crippen LogP contribution in [0.1, 0.15) is 155 Å². The maximum absolute atomic E-state index is 12.8. The fourth-order valence-corrected chi connectivity index (χ4v) is 12.7. The van der Waals surface area contributed by atoms with Gasteiger partial charge in [-0.3, -0.25) is 0 Å². The minimum atomic E-state index is -1.43. The predicted molar refractivity (Wildman–Crippen MR) is 519 cm³/mol. The summed E-state index contributed by atoms with van der Waals surface area (Å²) < 4.78 is 86.7. The van der Waals surface area contributed by atoms with Crippen molar-refractivity contribution in [3.63, 3.8) is 0 Å². The van der Waals surface area contributed by atoms with Crippen LogP contribution in [0.15, 0.2) is 376 Å². The third-order valence-corrected chi connectivity index (χ3v) is 21.1. The molecule has 0 unspecified atom stereocenters. The number of rotatable bonds is 42. The molecule has 730 valence electrons. The molecule has 0 aliphatic rings. The van der Waals surface area contributed by atoms with Crippen molar-refractivity contribution in [2.45, 2.75) is 26.4 Å². The summed E-state index contributed by atoms with van der Waals surface area (Å²) in [5.74, 6) is -5.83. The van der Waals surface area contributed by atoms with E-state index in [0.717, 1.165) is 0 Å². The van der Waals surface area contributed by atoms with Crippen LogP contribution in [0.3, 0.4) is 0 Å². The zero-order valence-corrected chi connectivity index (χ0v) is 78.4. The molecule has 0 saturated carbocycles. The fourth-order valence-electron chi connectivity index (χ4n) is 12.7. The first-order valence-corrected chi connectivity index (χ1v) is 44.6. The van der Waals surface area contributed by atoms with Gasteiger partial charge in [0.15, 0.2) is 6.10 Å². The van der Waals surface area contributed by atoms with E-state index in [9.17, 15) is 62.3 Å². The molecule has 13 rings (SSSR count). The van der Waals surface area contributed by atoms with Gasteiger partial charge in [0.05, 0.1) is 104 Å². The van der Waals surface area contributed by atoms with Gasteiger partial charge < -0.3 is 75.8 Å². The highest BCUT2D eigenvalue weighted by atomic mass is 16.6. The minimum absolute atomic E-state index is 0.0820. The SMILES string of the molecule is CC(COC(=O)c1ccccc1)(COC(=O)c1ccccc1)COC(=O)c1ccccc1.CCC(COC(=O)c1ccccc1)(COC(=O)c1ccccc1)COC(=O)c1ccccc1.COc1ccc(C(=O)OCC(COC(=O)c2ccc(OC)cc2)OC(=O)c2ccc(OC)cc2)cc1.O=C(OCC(COC(=O)c1ccccc1)(COC(=O)c1ccccc1)COC(=O)c1ccccc1)c1ccccc1. The van der Waals surface area contributed by atoms with E-state index in [1.54, 1.807) is 371 Å². The van der Waals surface area contributed by atoms with E-state index in [1.165, 1.54) is 33.5 Å². The van der Waals surface area contributed by atoms with Gasteiger partial charge in [-0.05, 0) is 207 Å². The van der Waals surface area contributed by atoms with Crippen LogP contribution < -0.4 is 14.2 Å². The van der Waals surface area contributed by atoms with E-state index < -0.39 is 99.9 Å². The molecule has 0 aliphatic carbocycles. The zero-order valence-electron chi connectivity index (χ0n) is 78.4. The van der Waals surface area contributed by atoms with Gasteiger partial charge in [0.25, 0.3) is 0 Å². The molecule has 0 heterocycles. The second-order valence-corrected chi connectivity index (χ2v) is 32.0. The number of hydrogen-bond acceptors (Lipinski definition) is 29. The molecule has 29 nitrogen and oxygen atoms in total. The van der Waals surface area contributed by atoms with Gasteiger partial charge in [-0.2, -0.15) is 0 Å². The smallest absolute Gasteiger partial charge is 0.338 e. The van der Waals surface area contributed by atoms with Crippen LogP contribution in [0, 0.1) is 16.2 Å². The number of hydrogen-bond donors (Lipinski definition) is 0. The van der Waals surface area contributed by atoms with Crippen LogP contribution in [0.2, 0.25) is 0 Å². The largest absolute Gasteiger partial charge is 0.497 e. The lowest BCUT2D eigenvalue weighted by Crippen LogP contribution is -2.44. The third-order valence-electron chi connectivity index (χ3n) is 21.1. The van der Waals surface area contributed by atoms with E-state index in [4.69, 9.17) is 75.8 Å². The number of carbonyl (C=O) groups is 13. The molecule has 0 fully saturated rings. The molecule has 0 saturated heterocycles. The van der Waals surface area contributed by atoms with Gasteiger partial charge >= 0.3 is 77.6 Å². The van der Waals surface area contributed by atoms with Crippen molar-refractivity contribution in [2.24, 2.45) is 16.2 Å². The minimum Gasteiger partial charge on any atom is -0.497 e. The highest BCUT2D eigenvalue weighted by Crippen LogP contribution is 2.30.